The Morgan fingerprint density at radius 3 is 2.71 bits per heavy atom. The number of benzene rings is 1. The van der Waals surface area contributed by atoms with E-state index in [0.29, 0.717) is 16.6 Å². The predicted molar refractivity (Wildman–Crippen MR) is 69.4 cm³/mol. The molecule has 0 amide bonds. The highest BCUT2D eigenvalue weighted by Gasteiger charge is 2.14. The largest absolute Gasteiger partial charge is 0.495 e. The van der Waals surface area contributed by atoms with E-state index in [1.165, 1.54) is 0 Å². The summed E-state index contributed by atoms with van der Waals surface area (Å²) in [5.74, 6) is 1.13. The average molecular weight is 252 g/mol. The lowest BCUT2D eigenvalue weighted by molar-refractivity contribution is 0.416. The first kappa shape index (κ1) is 11.8. The van der Waals surface area contributed by atoms with Crippen LogP contribution in [0.4, 0.5) is 5.82 Å². The van der Waals surface area contributed by atoms with Crippen LogP contribution in [0.25, 0.3) is 11.1 Å². The highest BCUT2D eigenvalue weighted by molar-refractivity contribution is 6.32. The maximum Gasteiger partial charge on any atom is 0.145 e. The smallest absolute Gasteiger partial charge is 0.145 e. The summed E-state index contributed by atoms with van der Waals surface area (Å²) >= 11 is 6.19. The van der Waals surface area contributed by atoms with Crippen LogP contribution in [0, 0.1) is 0 Å². The highest BCUT2D eigenvalue weighted by atomic mass is 35.5. The van der Waals surface area contributed by atoms with Crippen LogP contribution in [0.1, 0.15) is 12.5 Å². The molecule has 0 aliphatic carbocycles. The molecule has 0 spiro atoms. The lowest BCUT2D eigenvalue weighted by Crippen LogP contribution is -1.94. The van der Waals surface area contributed by atoms with Gasteiger partial charge in [-0.15, -0.1) is 0 Å². The van der Waals surface area contributed by atoms with E-state index in [1.54, 1.807) is 13.3 Å². The normalized spacial score (nSPS) is 10.5. The molecule has 90 valence electrons. The van der Waals surface area contributed by atoms with Crippen molar-refractivity contribution < 1.29 is 4.74 Å². The molecule has 0 aliphatic rings. The second-order valence-electron chi connectivity index (χ2n) is 3.71. The maximum atomic E-state index is 6.19. The molecule has 1 heterocycles. The Morgan fingerprint density at radius 2 is 2.18 bits per heavy atom. The minimum atomic E-state index is 0.507. The molecule has 0 saturated carbocycles. The second-order valence-corrected chi connectivity index (χ2v) is 4.12. The van der Waals surface area contributed by atoms with E-state index in [4.69, 9.17) is 22.1 Å². The summed E-state index contributed by atoms with van der Waals surface area (Å²) < 4.78 is 5.33. The first-order valence-corrected chi connectivity index (χ1v) is 5.70. The van der Waals surface area contributed by atoms with Gasteiger partial charge in [0, 0.05) is 11.1 Å². The molecule has 5 heteroatoms. The van der Waals surface area contributed by atoms with Gasteiger partial charge in [0.05, 0.1) is 18.3 Å². The Hall–Kier alpha value is -1.68. The average Bonchev–Trinajstić information content (AvgIpc) is 2.74. The summed E-state index contributed by atoms with van der Waals surface area (Å²) in [6, 6.07) is 3.92. The van der Waals surface area contributed by atoms with Crippen molar-refractivity contribution in [3.05, 3.63) is 28.9 Å². The standard InChI is InChI=1S/C12H14ClN3O/c1-3-7-4-8(9-6-15-16-12(9)14)11(17-2)10(13)5-7/h4-6H,3H2,1-2H3,(H3,14,15,16). The molecule has 0 fully saturated rings. The van der Waals surface area contributed by atoms with Gasteiger partial charge in [-0.1, -0.05) is 18.5 Å². The highest BCUT2D eigenvalue weighted by Crippen LogP contribution is 2.39. The molecular weight excluding hydrogens is 238 g/mol. The third kappa shape index (κ3) is 2.08. The van der Waals surface area contributed by atoms with Gasteiger partial charge in [-0.3, -0.25) is 5.10 Å². The van der Waals surface area contributed by atoms with Crippen LogP contribution >= 0.6 is 11.6 Å². The Bertz CT molecular complexity index is 537. The molecule has 2 rings (SSSR count). The summed E-state index contributed by atoms with van der Waals surface area (Å²) in [4.78, 5) is 0. The van der Waals surface area contributed by atoms with Gasteiger partial charge >= 0.3 is 0 Å². The van der Waals surface area contributed by atoms with Crippen molar-refractivity contribution in [3.63, 3.8) is 0 Å². The zero-order valence-electron chi connectivity index (χ0n) is 9.75. The SMILES string of the molecule is CCc1cc(Cl)c(OC)c(-c2cn[nH]c2N)c1. The third-order valence-electron chi connectivity index (χ3n) is 2.67. The molecule has 0 aliphatic heterocycles. The molecule has 0 radical (unpaired) electrons. The zero-order chi connectivity index (χ0) is 12.4. The van der Waals surface area contributed by atoms with E-state index in [2.05, 4.69) is 17.1 Å². The van der Waals surface area contributed by atoms with Crippen LogP contribution in [0.15, 0.2) is 18.3 Å². The number of nitrogens with zero attached hydrogens (tertiary/aromatic N) is 1. The number of nitrogens with two attached hydrogens (primary N) is 1. The Morgan fingerprint density at radius 1 is 1.41 bits per heavy atom. The third-order valence-corrected chi connectivity index (χ3v) is 2.96. The zero-order valence-corrected chi connectivity index (χ0v) is 10.5. The van der Waals surface area contributed by atoms with E-state index in [9.17, 15) is 0 Å². The van der Waals surface area contributed by atoms with Gasteiger partial charge in [-0.25, -0.2) is 0 Å². The first-order chi connectivity index (χ1) is 8.17. The molecule has 1 aromatic heterocycles. The Balaban J connectivity index is 2.66. The second kappa shape index (κ2) is 4.67. The fraction of sp³-hybridized carbons (Fsp3) is 0.250. The van der Waals surface area contributed by atoms with Gasteiger partial charge in [-0.05, 0) is 24.1 Å². The number of halogens is 1. The lowest BCUT2D eigenvalue weighted by atomic mass is 10.0. The van der Waals surface area contributed by atoms with Crippen LogP contribution in [-0.4, -0.2) is 17.3 Å². The molecule has 0 bridgehead atoms. The quantitative estimate of drug-likeness (QED) is 0.882. The van der Waals surface area contributed by atoms with E-state index >= 15 is 0 Å². The molecule has 2 aromatic rings. The first-order valence-electron chi connectivity index (χ1n) is 5.33. The number of ether oxygens (including phenoxy) is 1. The van der Waals surface area contributed by atoms with E-state index in [1.807, 2.05) is 12.1 Å². The molecule has 0 atom stereocenters. The summed E-state index contributed by atoms with van der Waals surface area (Å²) in [6.45, 7) is 2.07. The van der Waals surface area contributed by atoms with Gasteiger partial charge in [-0.2, -0.15) is 5.10 Å². The monoisotopic (exact) mass is 251 g/mol. The van der Waals surface area contributed by atoms with Gasteiger partial charge < -0.3 is 10.5 Å². The van der Waals surface area contributed by atoms with Crippen molar-refractivity contribution in [2.45, 2.75) is 13.3 Å². The minimum absolute atomic E-state index is 0.507. The van der Waals surface area contributed by atoms with Crippen molar-refractivity contribution in [2.75, 3.05) is 12.8 Å². The van der Waals surface area contributed by atoms with Crippen LogP contribution in [0.2, 0.25) is 5.02 Å². The minimum Gasteiger partial charge on any atom is -0.495 e. The van der Waals surface area contributed by atoms with Crippen molar-refractivity contribution in [3.8, 4) is 16.9 Å². The van der Waals surface area contributed by atoms with Crippen molar-refractivity contribution >= 4 is 17.4 Å². The maximum absolute atomic E-state index is 6.19. The summed E-state index contributed by atoms with van der Waals surface area (Å²) in [7, 11) is 1.59. The molecule has 3 N–H and O–H groups in total. The van der Waals surface area contributed by atoms with Crippen LogP contribution in [-0.2, 0) is 6.42 Å². The van der Waals surface area contributed by atoms with E-state index < -0.39 is 0 Å². The van der Waals surface area contributed by atoms with Crippen LogP contribution in [0.5, 0.6) is 5.75 Å². The number of nitrogens with one attached hydrogen (secondary N) is 1. The van der Waals surface area contributed by atoms with E-state index in [-0.39, 0.29) is 0 Å². The molecule has 0 saturated heterocycles. The van der Waals surface area contributed by atoms with Crippen LogP contribution < -0.4 is 10.5 Å². The fourth-order valence-corrected chi connectivity index (χ4v) is 2.09. The molecular formula is C12H14ClN3O. The number of aryl methyl sites for hydroxylation is 1. The number of aromatic amines is 1. The van der Waals surface area contributed by atoms with Gasteiger partial charge in [0.25, 0.3) is 0 Å². The Labute approximate surface area is 105 Å². The van der Waals surface area contributed by atoms with E-state index in [0.717, 1.165) is 23.1 Å². The number of H-pyrrole nitrogens is 1. The van der Waals surface area contributed by atoms with Crippen molar-refractivity contribution in [1.29, 1.82) is 0 Å². The number of nitrogen functional groups attached to an aromatic ring is 1. The molecule has 4 nitrogen and oxygen atoms in total. The number of aromatic nitrogens is 2. The fourth-order valence-electron chi connectivity index (χ4n) is 1.77. The van der Waals surface area contributed by atoms with Gasteiger partial charge in [0.15, 0.2) is 0 Å². The molecule has 17 heavy (non-hydrogen) atoms. The number of hydrogen-bond acceptors (Lipinski definition) is 3. The number of anilines is 1. The summed E-state index contributed by atoms with van der Waals surface area (Å²) in [5, 5.41) is 7.20. The Kier molecular flexibility index (Phi) is 3.24. The van der Waals surface area contributed by atoms with Crippen molar-refractivity contribution in [1.82, 2.24) is 10.2 Å². The van der Waals surface area contributed by atoms with Gasteiger partial charge in [0.1, 0.15) is 11.6 Å². The van der Waals surface area contributed by atoms with Crippen LogP contribution in [0.3, 0.4) is 0 Å². The van der Waals surface area contributed by atoms with Gasteiger partial charge in [0.2, 0.25) is 0 Å². The lowest BCUT2D eigenvalue weighted by Gasteiger charge is -2.11. The topological polar surface area (TPSA) is 63.9 Å². The number of hydrogen-bond donors (Lipinski definition) is 2. The summed E-state index contributed by atoms with van der Waals surface area (Å²) in [6.07, 6.45) is 2.57. The number of rotatable bonds is 3. The summed E-state index contributed by atoms with van der Waals surface area (Å²) in [5.41, 5.74) is 8.62. The molecule has 1 aromatic carbocycles. The predicted octanol–water partition coefficient (Wildman–Crippen LogP) is 2.88. The van der Waals surface area contributed by atoms with Crippen molar-refractivity contribution in [2.24, 2.45) is 0 Å². The number of methoxy groups -OCH3 is 1. The molecule has 0 unspecified atom stereocenters.